The maximum atomic E-state index is 6.24. The van der Waals surface area contributed by atoms with Crippen molar-refractivity contribution in [2.45, 2.75) is 13.0 Å². The van der Waals surface area contributed by atoms with Gasteiger partial charge in [0.2, 0.25) is 0 Å². The molecule has 0 aliphatic carbocycles. The first kappa shape index (κ1) is 10.6. The molecule has 0 saturated heterocycles. The van der Waals surface area contributed by atoms with Gasteiger partial charge in [0.05, 0.1) is 6.04 Å². The maximum absolute atomic E-state index is 6.24. The van der Waals surface area contributed by atoms with Crippen LogP contribution in [0, 0.1) is 6.92 Å². The Morgan fingerprint density at radius 3 is 2.76 bits per heavy atom. The average molecular weight is 243 g/mol. The predicted molar refractivity (Wildman–Crippen MR) is 71.3 cm³/mol. The zero-order chi connectivity index (χ0) is 11.8. The summed E-state index contributed by atoms with van der Waals surface area (Å²) in [5.41, 5.74) is 8.36. The van der Waals surface area contributed by atoms with Gasteiger partial charge >= 0.3 is 0 Å². The fourth-order valence-corrected chi connectivity index (χ4v) is 2.92. The number of nitrogens with two attached hydrogens (primary N) is 1. The van der Waals surface area contributed by atoms with Gasteiger partial charge in [-0.25, -0.2) is 0 Å². The summed E-state index contributed by atoms with van der Waals surface area (Å²) in [5.74, 6) is 0.830. The minimum atomic E-state index is -0.164. The van der Waals surface area contributed by atoms with Gasteiger partial charge in [0, 0.05) is 10.3 Å². The van der Waals surface area contributed by atoms with Crippen molar-refractivity contribution in [3.63, 3.8) is 0 Å². The zero-order valence-corrected chi connectivity index (χ0v) is 10.3. The van der Waals surface area contributed by atoms with Crippen molar-refractivity contribution in [1.29, 1.82) is 0 Å². The third-order valence-electron chi connectivity index (χ3n) is 2.94. The molecule has 2 aromatic heterocycles. The van der Waals surface area contributed by atoms with Gasteiger partial charge in [0.25, 0.3) is 0 Å². The fourth-order valence-electron chi connectivity index (χ4n) is 1.99. The lowest BCUT2D eigenvalue weighted by Gasteiger charge is -2.07. The van der Waals surface area contributed by atoms with Gasteiger partial charge in [-0.05, 0) is 36.1 Å². The van der Waals surface area contributed by atoms with Crippen molar-refractivity contribution in [3.05, 3.63) is 58.0 Å². The Bertz CT molecular complexity index is 620. The molecule has 0 aliphatic rings. The third-order valence-corrected chi connectivity index (χ3v) is 4.04. The van der Waals surface area contributed by atoms with Crippen LogP contribution in [-0.2, 0) is 0 Å². The van der Waals surface area contributed by atoms with E-state index < -0.39 is 0 Å². The molecule has 0 bridgehead atoms. The van der Waals surface area contributed by atoms with Crippen molar-refractivity contribution in [3.8, 4) is 0 Å². The molecule has 0 saturated carbocycles. The zero-order valence-electron chi connectivity index (χ0n) is 9.51. The van der Waals surface area contributed by atoms with Crippen LogP contribution < -0.4 is 5.73 Å². The second-order valence-electron chi connectivity index (χ2n) is 4.13. The molecule has 3 aromatic rings. The number of rotatable bonds is 2. The van der Waals surface area contributed by atoms with Crippen molar-refractivity contribution in [2.75, 3.05) is 0 Å². The number of fused-ring (bicyclic) bond motifs is 1. The van der Waals surface area contributed by atoms with Crippen LogP contribution >= 0.6 is 11.3 Å². The van der Waals surface area contributed by atoms with Crippen LogP contribution in [0.3, 0.4) is 0 Å². The van der Waals surface area contributed by atoms with Crippen molar-refractivity contribution >= 4 is 22.3 Å². The highest BCUT2D eigenvalue weighted by molar-refractivity contribution is 7.10. The van der Waals surface area contributed by atoms with E-state index in [1.807, 2.05) is 30.3 Å². The number of benzene rings is 1. The van der Waals surface area contributed by atoms with Gasteiger partial charge in [0.1, 0.15) is 11.3 Å². The summed E-state index contributed by atoms with van der Waals surface area (Å²) < 4.78 is 5.79. The number of furan rings is 1. The lowest BCUT2D eigenvalue weighted by atomic mass is 10.1. The summed E-state index contributed by atoms with van der Waals surface area (Å²) in [6.07, 6.45) is 0. The first-order chi connectivity index (χ1) is 8.25. The quantitative estimate of drug-likeness (QED) is 0.742. The smallest absolute Gasteiger partial charge is 0.134 e. The number of thiophene rings is 1. The second kappa shape index (κ2) is 4.02. The fraction of sp³-hybridized carbons (Fsp3) is 0.143. The van der Waals surface area contributed by atoms with Crippen LogP contribution in [0.4, 0.5) is 0 Å². The lowest BCUT2D eigenvalue weighted by Crippen LogP contribution is -2.10. The molecule has 2 heterocycles. The van der Waals surface area contributed by atoms with Gasteiger partial charge < -0.3 is 10.2 Å². The van der Waals surface area contributed by atoms with Gasteiger partial charge in [-0.1, -0.05) is 18.2 Å². The second-order valence-corrected chi connectivity index (χ2v) is 5.08. The minimum Gasteiger partial charge on any atom is -0.459 e. The molecule has 1 unspecified atom stereocenters. The van der Waals surface area contributed by atoms with Crippen LogP contribution in [0.1, 0.15) is 22.2 Å². The Hall–Kier alpha value is -1.58. The Balaban J connectivity index is 2.07. The number of hydrogen-bond donors (Lipinski definition) is 1. The SMILES string of the molecule is Cc1ccsc1C(N)c1cc2ccccc2o1. The molecule has 3 rings (SSSR count). The first-order valence-corrected chi connectivity index (χ1v) is 6.42. The summed E-state index contributed by atoms with van der Waals surface area (Å²) >= 11 is 1.68. The lowest BCUT2D eigenvalue weighted by molar-refractivity contribution is 0.527. The minimum absolute atomic E-state index is 0.164. The molecule has 2 nitrogen and oxygen atoms in total. The van der Waals surface area contributed by atoms with Gasteiger partial charge in [-0.2, -0.15) is 0 Å². The topological polar surface area (TPSA) is 39.2 Å². The van der Waals surface area contributed by atoms with E-state index in [0.29, 0.717) is 0 Å². The van der Waals surface area contributed by atoms with E-state index in [-0.39, 0.29) is 6.04 Å². The molecule has 0 aliphatic heterocycles. The summed E-state index contributed by atoms with van der Waals surface area (Å²) in [4.78, 5) is 1.17. The van der Waals surface area contributed by atoms with Crippen LogP contribution in [0.2, 0.25) is 0 Å². The van der Waals surface area contributed by atoms with E-state index >= 15 is 0 Å². The van der Waals surface area contributed by atoms with Gasteiger partial charge in [-0.15, -0.1) is 11.3 Å². The molecule has 17 heavy (non-hydrogen) atoms. The maximum Gasteiger partial charge on any atom is 0.134 e. The largest absolute Gasteiger partial charge is 0.459 e. The molecular formula is C14H13NOS. The molecule has 3 heteroatoms. The van der Waals surface area contributed by atoms with Crippen LogP contribution in [0.15, 0.2) is 46.2 Å². The van der Waals surface area contributed by atoms with Crippen LogP contribution in [0.25, 0.3) is 11.0 Å². The highest BCUT2D eigenvalue weighted by atomic mass is 32.1. The summed E-state index contributed by atoms with van der Waals surface area (Å²) in [5, 5.41) is 3.17. The van der Waals surface area contributed by atoms with Crippen molar-refractivity contribution in [1.82, 2.24) is 0 Å². The van der Waals surface area contributed by atoms with E-state index in [4.69, 9.17) is 10.2 Å². The number of para-hydroxylation sites is 1. The highest BCUT2D eigenvalue weighted by Crippen LogP contribution is 2.30. The molecule has 0 fully saturated rings. The normalized spacial score (nSPS) is 13.1. The van der Waals surface area contributed by atoms with E-state index in [2.05, 4.69) is 18.4 Å². The molecule has 0 amide bonds. The third kappa shape index (κ3) is 1.77. The molecular weight excluding hydrogens is 230 g/mol. The van der Waals surface area contributed by atoms with E-state index in [1.54, 1.807) is 11.3 Å². The Labute approximate surface area is 104 Å². The van der Waals surface area contributed by atoms with E-state index in [1.165, 1.54) is 10.4 Å². The molecule has 1 atom stereocenters. The monoisotopic (exact) mass is 243 g/mol. The standard InChI is InChI=1S/C14H13NOS/c1-9-6-7-17-14(9)13(15)12-8-10-4-2-3-5-11(10)16-12/h2-8,13H,15H2,1H3. The molecule has 86 valence electrons. The number of hydrogen-bond acceptors (Lipinski definition) is 3. The van der Waals surface area contributed by atoms with Gasteiger partial charge in [0.15, 0.2) is 0 Å². The number of aryl methyl sites for hydroxylation is 1. The Morgan fingerprint density at radius 2 is 2.06 bits per heavy atom. The van der Waals surface area contributed by atoms with Crippen LogP contribution in [0.5, 0.6) is 0 Å². The van der Waals surface area contributed by atoms with E-state index in [0.717, 1.165) is 16.7 Å². The predicted octanol–water partition coefficient (Wildman–Crippen LogP) is 3.85. The van der Waals surface area contributed by atoms with Gasteiger partial charge in [-0.3, -0.25) is 0 Å². The Kier molecular flexibility index (Phi) is 2.50. The molecule has 0 radical (unpaired) electrons. The molecule has 1 aromatic carbocycles. The van der Waals surface area contributed by atoms with Crippen LogP contribution in [-0.4, -0.2) is 0 Å². The molecule has 2 N–H and O–H groups in total. The summed E-state index contributed by atoms with van der Waals surface area (Å²) in [6.45, 7) is 2.08. The van der Waals surface area contributed by atoms with E-state index in [9.17, 15) is 0 Å². The Morgan fingerprint density at radius 1 is 1.24 bits per heavy atom. The average Bonchev–Trinajstić information content (AvgIpc) is 2.93. The summed E-state index contributed by atoms with van der Waals surface area (Å²) in [6, 6.07) is 11.9. The van der Waals surface area contributed by atoms with Crippen molar-refractivity contribution < 1.29 is 4.42 Å². The molecule has 0 spiro atoms. The summed E-state index contributed by atoms with van der Waals surface area (Å²) in [7, 11) is 0. The first-order valence-electron chi connectivity index (χ1n) is 5.54. The van der Waals surface area contributed by atoms with Crippen molar-refractivity contribution in [2.24, 2.45) is 5.73 Å². The highest BCUT2D eigenvalue weighted by Gasteiger charge is 2.16.